The average Bonchev–Trinajstić information content (AvgIpc) is 2.00. The Balaban J connectivity index is 3.56. The maximum atomic E-state index is 4.01. The molecule has 0 bridgehead atoms. The van der Waals surface area contributed by atoms with Crippen LogP contribution in [0.3, 0.4) is 0 Å². The molecule has 0 aliphatic heterocycles. The fraction of sp³-hybridized carbons (Fsp3) is 0.778. The summed E-state index contributed by atoms with van der Waals surface area (Å²) in [6.07, 6.45) is 0. The Morgan fingerprint density at radius 2 is 2.17 bits per heavy atom. The Kier molecular flexibility index (Phi) is 7.17. The Morgan fingerprint density at radius 1 is 1.58 bits per heavy atom. The summed E-state index contributed by atoms with van der Waals surface area (Å²) in [5.74, 6) is 1.85. The van der Waals surface area contributed by atoms with E-state index in [1.54, 1.807) is 0 Å². The zero-order valence-corrected chi connectivity index (χ0v) is 11.2. The molecule has 0 fully saturated rings. The van der Waals surface area contributed by atoms with Crippen LogP contribution in [0.25, 0.3) is 0 Å². The summed E-state index contributed by atoms with van der Waals surface area (Å²) >= 11 is -0.498. The van der Waals surface area contributed by atoms with Crippen molar-refractivity contribution in [3.8, 4) is 0 Å². The predicted molar refractivity (Wildman–Crippen MR) is 61.9 cm³/mol. The topological polar surface area (TPSA) is 12.0 Å². The van der Waals surface area contributed by atoms with Crippen molar-refractivity contribution >= 4 is 23.5 Å². The van der Waals surface area contributed by atoms with Gasteiger partial charge in [0.05, 0.1) is 0 Å². The second-order valence-electron chi connectivity index (χ2n) is 3.06. The first kappa shape index (κ1) is 12.4. The van der Waals surface area contributed by atoms with E-state index in [9.17, 15) is 0 Å². The zero-order chi connectivity index (χ0) is 9.56. The molecule has 0 aliphatic carbocycles. The first-order chi connectivity index (χ1) is 5.57. The Bertz CT molecular complexity index is 136. The van der Waals surface area contributed by atoms with E-state index in [0.717, 1.165) is 6.54 Å². The van der Waals surface area contributed by atoms with Gasteiger partial charge < -0.3 is 0 Å². The van der Waals surface area contributed by atoms with Gasteiger partial charge in [-0.25, -0.2) is 0 Å². The fourth-order valence-electron chi connectivity index (χ4n) is 0.763. The first-order valence-electron chi connectivity index (χ1n) is 4.30. The summed E-state index contributed by atoms with van der Waals surface area (Å²) in [5.41, 5.74) is 5.95. The minimum absolute atomic E-state index is 0.498. The van der Waals surface area contributed by atoms with Crippen molar-refractivity contribution in [3.63, 3.8) is 0 Å². The molecule has 1 unspecified atom stereocenters. The zero-order valence-electron chi connectivity index (χ0n) is 8.55. The van der Waals surface area contributed by atoms with E-state index in [1.807, 2.05) is 0 Å². The monoisotopic (exact) mass is 249 g/mol. The number of allylic oxidation sites excluding steroid dienone is 1. The first-order valence-corrected chi connectivity index (χ1v) is 11.3. The summed E-state index contributed by atoms with van der Waals surface area (Å²) in [7, 11) is 2.14. The van der Waals surface area contributed by atoms with Crippen LogP contribution in [0.4, 0.5) is 0 Å². The van der Waals surface area contributed by atoms with E-state index in [-0.39, 0.29) is 0 Å². The summed E-state index contributed by atoms with van der Waals surface area (Å²) in [6, 6.07) is 0. The van der Waals surface area contributed by atoms with Crippen molar-refractivity contribution in [2.24, 2.45) is 5.92 Å². The Morgan fingerprint density at radius 3 is 2.58 bits per heavy atom. The van der Waals surface area contributed by atoms with Gasteiger partial charge in [0.15, 0.2) is 0 Å². The van der Waals surface area contributed by atoms with Gasteiger partial charge in [-0.2, -0.15) is 0 Å². The van der Waals surface area contributed by atoms with Crippen molar-refractivity contribution in [1.29, 1.82) is 0 Å². The van der Waals surface area contributed by atoms with Crippen LogP contribution >= 0.6 is 10.0 Å². The molecule has 0 rings (SSSR count). The van der Waals surface area contributed by atoms with Crippen molar-refractivity contribution in [2.45, 2.75) is 25.3 Å². The molecule has 0 radical (unpaired) electrons. The molecule has 0 heterocycles. The van der Waals surface area contributed by atoms with Crippen molar-refractivity contribution in [3.05, 3.63) is 12.3 Å². The van der Waals surface area contributed by atoms with Crippen molar-refractivity contribution < 1.29 is 0 Å². The van der Waals surface area contributed by atoms with E-state index in [2.05, 4.69) is 47.2 Å². The Hall–Kier alpha value is 0.448. The molecule has 0 saturated heterocycles. The van der Waals surface area contributed by atoms with E-state index in [0.29, 0.717) is 5.92 Å². The van der Waals surface area contributed by atoms with Crippen molar-refractivity contribution in [1.82, 2.24) is 5.32 Å². The Labute approximate surface area is 84.6 Å². The van der Waals surface area contributed by atoms with E-state index in [4.69, 9.17) is 0 Å². The van der Waals surface area contributed by atoms with Crippen LogP contribution < -0.4 is 5.32 Å². The summed E-state index contributed by atoms with van der Waals surface area (Å²) in [4.78, 5) is 0. The molecule has 0 aliphatic rings. The van der Waals surface area contributed by atoms with Gasteiger partial charge in [-0.15, -0.1) is 0 Å². The van der Waals surface area contributed by atoms with E-state index < -0.39 is 13.5 Å². The number of hydrogen-bond acceptors (Lipinski definition) is 2. The predicted octanol–water partition coefficient (Wildman–Crippen LogP) is 2.73. The van der Waals surface area contributed by atoms with Gasteiger partial charge in [0.2, 0.25) is 0 Å². The van der Waals surface area contributed by atoms with E-state index in [1.165, 1.54) is 11.4 Å². The molecule has 0 amide bonds. The molecule has 0 spiro atoms. The van der Waals surface area contributed by atoms with Crippen LogP contribution in [0.2, 0.25) is 11.4 Å². The third kappa shape index (κ3) is 6.02. The molecule has 0 saturated carbocycles. The van der Waals surface area contributed by atoms with Crippen LogP contribution in [0.15, 0.2) is 12.3 Å². The van der Waals surface area contributed by atoms with Gasteiger partial charge in [0.25, 0.3) is 0 Å². The summed E-state index contributed by atoms with van der Waals surface area (Å²) in [6.45, 7) is 9.37. The van der Waals surface area contributed by atoms with Gasteiger partial charge >= 0.3 is 84.6 Å². The van der Waals surface area contributed by atoms with E-state index >= 15 is 0 Å². The normalized spacial score (nSPS) is 13.1. The maximum absolute atomic E-state index is 4.01. The SMILES string of the molecule is C=C(NCC)C(C)CS[As](C)C. The second kappa shape index (κ2) is 6.91. The van der Waals surface area contributed by atoms with Crippen LogP contribution in [0.1, 0.15) is 13.8 Å². The number of nitrogens with one attached hydrogen (secondary N) is 1. The molecule has 0 aromatic heterocycles. The minimum atomic E-state index is -0.498. The summed E-state index contributed by atoms with van der Waals surface area (Å²) < 4.78 is 0. The molecule has 1 atom stereocenters. The standard InChI is InChI=1S/C9H20AsNS/c1-6-11-9(3)8(2)7-12-10(4)5/h8,11H,3,6-7H2,1-2,4-5H3. The molecular formula is C9H20AsNS. The van der Waals surface area contributed by atoms with Gasteiger partial charge in [-0.05, 0) is 0 Å². The second-order valence-corrected chi connectivity index (χ2v) is 12.5. The molecule has 1 N–H and O–H groups in total. The molecule has 0 aromatic carbocycles. The van der Waals surface area contributed by atoms with Crippen LogP contribution in [0, 0.1) is 5.92 Å². The quantitative estimate of drug-likeness (QED) is 0.726. The fourth-order valence-corrected chi connectivity index (χ4v) is 4.77. The number of hydrogen-bond donors (Lipinski definition) is 1. The molecule has 72 valence electrons. The average molecular weight is 249 g/mol. The molecule has 0 aromatic rings. The van der Waals surface area contributed by atoms with Gasteiger partial charge in [-0.3, -0.25) is 0 Å². The molecule has 1 nitrogen and oxygen atoms in total. The number of rotatable bonds is 6. The van der Waals surface area contributed by atoms with Crippen molar-refractivity contribution in [2.75, 3.05) is 12.3 Å². The third-order valence-corrected chi connectivity index (χ3v) is 6.94. The third-order valence-electron chi connectivity index (χ3n) is 1.58. The van der Waals surface area contributed by atoms with Crippen LogP contribution in [-0.2, 0) is 0 Å². The summed E-state index contributed by atoms with van der Waals surface area (Å²) in [5, 5.41) is 3.28. The van der Waals surface area contributed by atoms with Gasteiger partial charge in [-0.1, -0.05) is 0 Å². The van der Waals surface area contributed by atoms with Gasteiger partial charge in [0, 0.05) is 0 Å². The molecule has 3 heteroatoms. The molecule has 12 heavy (non-hydrogen) atoms. The van der Waals surface area contributed by atoms with Crippen LogP contribution in [0.5, 0.6) is 0 Å². The van der Waals surface area contributed by atoms with Gasteiger partial charge in [0.1, 0.15) is 0 Å². The molecular weight excluding hydrogens is 229 g/mol. The van der Waals surface area contributed by atoms with Crippen LogP contribution in [-0.4, -0.2) is 25.8 Å².